The largest absolute Gasteiger partial charge is 1.00 e. The second kappa shape index (κ2) is 16.2. The van der Waals surface area contributed by atoms with Crippen LogP contribution in [0.3, 0.4) is 0 Å². The average molecular weight is 689 g/mol. The number of nitrogens with zero attached hydrogens (tertiary/aromatic N) is 4. The Morgan fingerprint density at radius 3 is 1.33 bits per heavy atom. The zero-order chi connectivity index (χ0) is 33.0. The predicted octanol–water partition coefficient (Wildman–Crippen LogP) is 4.81. The molecule has 2 aromatic heterocycles. The maximum absolute atomic E-state index is 12.2. The predicted molar refractivity (Wildman–Crippen MR) is 160 cm³/mol. The fourth-order valence-corrected chi connectivity index (χ4v) is 4.51. The molecule has 240 valence electrons. The minimum atomic E-state index is -4.70. The van der Waals surface area contributed by atoms with Crippen LogP contribution in [0.5, 0.6) is 11.5 Å². The van der Waals surface area contributed by atoms with Crippen molar-refractivity contribution in [2.75, 3.05) is 0 Å². The Balaban J connectivity index is 0.000000447. The molecular weight excluding hydrogens is 658 g/mol. The van der Waals surface area contributed by atoms with Crippen molar-refractivity contribution < 1.29 is 92.7 Å². The summed E-state index contributed by atoms with van der Waals surface area (Å²) in [7, 11) is -1.51. The van der Waals surface area contributed by atoms with Crippen LogP contribution in [0.25, 0.3) is 11.4 Å². The van der Waals surface area contributed by atoms with E-state index in [0.717, 1.165) is 22.6 Å². The Kier molecular flexibility index (Phi) is 14.4. The summed E-state index contributed by atoms with van der Waals surface area (Å²) in [6, 6.07) is 11.1. The maximum Gasteiger partial charge on any atom is 1.00 e. The zero-order valence-electron chi connectivity index (χ0n) is 26.5. The van der Waals surface area contributed by atoms with Gasteiger partial charge >= 0.3 is 64.1 Å². The molecule has 4 aromatic rings. The van der Waals surface area contributed by atoms with E-state index in [4.69, 9.17) is 6.42 Å². The Bertz CT molecular complexity index is 1720. The number of aryl methyl sites for hydroxylation is 2. The van der Waals surface area contributed by atoms with Gasteiger partial charge in [0.2, 0.25) is 0 Å². The fourth-order valence-electron chi connectivity index (χ4n) is 4.01. The molecule has 1 N–H and O–H groups in total. The molecule has 0 spiro atoms. The normalized spacial score (nSPS) is 11.0. The summed E-state index contributed by atoms with van der Waals surface area (Å²) >= 11 is 0. The molecule has 0 saturated carbocycles. The van der Waals surface area contributed by atoms with Gasteiger partial charge < -0.3 is 14.9 Å². The van der Waals surface area contributed by atoms with Gasteiger partial charge in [0.05, 0.1) is 45.3 Å². The van der Waals surface area contributed by atoms with Crippen LogP contribution in [0, 0.1) is 51.5 Å². The molecule has 2 heterocycles. The summed E-state index contributed by atoms with van der Waals surface area (Å²) in [6.07, 6.45) is -4.01. The van der Waals surface area contributed by atoms with E-state index in [1.165, 1.54) is 48.5 Å². The number of alkyl halides is 6. The van der Waals surface area contributed by atoms with Gasteiger partial charge in [-0.05, 0) is 76.2 Å². The third-order valence-electron chi connectivity index (χ3n) is 5.92. The molecule has 7 nitrogen and oxygen atoms in total. The van der Waals surface area contributed by atoms with Gasteiger partial charge in [0.25, 0.3) is 0 Å². The molecule has 0 bridgehead atoms. The molecule has 4 rings (SSSR count). The second-order valence-corrected chi connectivity index (χ2v) is 15.4. The zero-order valence-corrected chi connectivity index (χ0v) is 30.6. The summed E-state index contributed by atoms with van der Waals surface area (Å²) in [4.78, 5) is 0. The van der Waals surface area contributed by atoms with E-state index < -0.39 is 20.8 Å². The molecule has 0 radical (unpaired) electrons. The monoisotopic (exact) mass is 688 g/mol. The number of rotatable bonds is 4. The number of hydrogen-bond donors (Lipinski definition) is 0. The molecule has 0 fully saturated rings. The first-order valence-corrected chi connectivity index (χ1v) is 16.6. The quantitative estimate of drug-likeness (QED) is 0.175. The van der Waals surface area contributed by atoms with E-state index in [9.17, 15) is 26.3 Å². The molecule has 2 aromatic carbocycles. The maximum atomic E-state index is 12.2. The van der Waals surface area contributed by atoms with E-state index in [1.54, 1.807) is 23.2 Å². The summed E-state index contributed by atoms with van der Waals surface area (Å²) < 4.78 is 83.8. The molecule has 0 aliphatic carbocycles. The molecule has 0 saturated heterocycles. The third-order valence-corrected chi connectivity index (χ3v) is 6.79. The van der Waals surface area contributed by atoms with Crippen LogP contribution in [-0.2, 0) is 0 Å². The molecule has 0 amide bonds. The van der Waals surface area contributed by atoms with Gasteiger partial charge in [0.1, 0.15) is 19.6 Å². The van der Waals surface area contributed by atoms with E-state index in [1.807, 2.05) is 13.8 Å². The first-order valence-electron chi connectivity index (χ1n) is 13.1. The average Bonchev–Trinajstić information content (AvgIpc) is 3.34. The third kappa shape index (κ3) is 11.6. The van der Waals surface area contributed by atoms with Crippen molar-refractivity contribution in [2.45, 2.75) is 60.1 Å². The molecule has 46 heavy (non-hydrogen) atoms. The van der Waals surface area contributed by atoms with Gasteiger partial charge in [-0.3, -0.25) is 0 Å². The van der Waals surface area contributed by atoms with E-state index in [0.29, 0.717) is 22.6 Å². The van der Waals surface area contributed by atoms with Crippen LogP contribution in [0.4, 0.5) is 26.3 Å². The number of ether oxygens (including phenoxy) is 2. The van der Waals surface area contributed by atoms with Crippen molar-refractivity contribution in [3.8, 4) is 46.7 Å². The Labute approximate surface area is 307 Å². The second-order valence-electron chi connectivity index (χ2n) is 10.6. The van der Waals surface area contributed by atoms with Gasteiger partial charge in [0.15, 0.2) is 0 Å². The Morgan fingerprint density at radius 2 is 1.02 bits per heavy atom. The fraction of sp³-hybridized carbons (Fsp3) is 0.290. The number of hydrogen-bond acceptors (Lipinski definition) is 5. The van der Waals surface area contributed by atoms with Crippen LogP contribution in [0.1, 0.15) is 33.9 Å². The van der Waals surface area contributed by atoms with Gasteiger partial charge in [-0.1, -0.05) is 31.5 Å². The smallest absolute Gasteiger partial charge is 0.870 e. The summed E-state index contributed by atoms with van der Waals surface area (Å²) in [5.74, 6) is 5.21. The molecule has 15 heteroatoms. The standard InChI is InChI=1S/C17H19F3N2OSi.C14H11F3N2O.K.H2O/c1-12-16(10-11-24(3,4)5)13(2)22(21-12)14-6-8-15(9-7-14)23-17(18,19)20;1-4-13-9(2)18-19(10(13)3)11-5-7-12(8-6-11)20-14(15,16)17;;/h6-9H,1-5H3;1,5-8H,2-3H3;;1H2/q;;+1;/p-1. The summed E-state index contributed by atoms with van der Waals surface area (Å²) in [6.45, 7) is 13.8. The molecule has 0 unspecified atom stereocenters. The first-order chi connectivity index (χ1) is 20.3. The Hall–Kier alpha value is -3.03. The topological polar surface area (TPSA) is 84.1 Å². The number of halogens is 6. The molecule has 0 aliphatic heterocycles. The van der Waals surface area contributed by atoms with Gasteiger partial charge in [-0.15, -0.1) is 38.3 Å². The van der Waals surface area contributed by atoms with Crippen molar-refractivity contribution in [1.29, 1.82) is 0 Å². The van der Waals surface area contributed by atoms with Gasteiger partial charge in [0, 0.05) is 0 Å². The minimum absolute atomic E-state index is 0. The Morgan fingerprint density at radius 1 is 0.674 bits per heavy atom. The van der Waals surface area contributed by atoms with Gasteiger partial charge in [-0.25, -0.2) is 9.36 Å². The first kappa shape index (κ1) is 41.0. The number of terminal acetylenes is 1. The van der Waals surface area contributed by atoms with Crippen LogP contribution < -0.4 is 60.9 Å². The van der Waals surface area contributed by atoms with Gasteiger partial charge in [-0.2, -0.15) is 10.2 Å². The molecule has 0 atom stereocenters. The van der Waals surface area contributed by atoms with Crippen molar-refractivity contribution in [1.82, 2.24) is 19.6 Å². The van der Waals surface area contributed by atoms with Crippen molar-refractivity contribution in [3.05, 3.63) is 82.4 Å². The van der Waals surface area contributed by atoms with E-state index in [2.05, 4.69) is 56.7 Å². The molecular formula is C31H31F6KN4O3Si. The summed E-state index contributed by atoms with van der Waals surface area (Å²) in [5, 5.41) is 8.72. The SMILES string of the molecule is C#Cc1c(C)nn(-c2ccc(OC(F)(F)F)cc2)c1C.Cc1nn(-c2ccc(OC(F)(F)F)cc2)c(C)c1C#C[Si](C)(C)C.[K+].[OH-]. The van der Waals surface area contributed by atoms with E-state index >= 15 is 0 Å². The molecule has 0 aliphatic rings. The van der Waals surface area contributed by atoms with Crippen LogP contribution in [-0.4, -0.2) is 45.8 Å². The number of benzene rings is 2. The summed E-state index contributed by atoms with van der Waals surface area (Å²) in [5.41, 5.74) is 9.25. The van der Waals surface area contributed by atoms with Crippen LogP contribution in [0.15, 0.2) is 48.5 Å². The van der Waals surface area contributed by atoms with Crippen molar-refractivity contribution in [2.24, 2.45) is 0 Å². The minimum Gasteiger partial charge on any atom is -0.870 e. The van der Waals surface area contributed by atoms with Crippen molar-refractivity contribution in [3.63, 3.8) is 0 Å². The van der Waals surface area contributed by atoms with Crippen LogP contribution in [0.2, 0.25) is 19.6 Å². The van der Waals surface area contributed by atoms with E-state index in [-0.39, 0.29) is 68.4 Å². The number of aromatic nitrogens is 4. The van der Waals surface area contributed by atoms with Crippen molar-refractivity contribution >= 4 is 8.07 Å². The van der Waals surface area contributed by atoms with Crippen LogP contribution >= 0.6 is 0 Å².